The number of hydrogen-bond acceptors (Lipinski definition) is 3. The molecule has 1 aromatic rings. The molecule has 0 aromatic heterocycles. The fourth-order valence-corrected chi connectivity index (χ4v) is 2.93. The lowest BCUT2D eigenvalue weighted by Gasteiger charge is -2.28. The minimum atomic E-state index is 0.554. The topological polar surface area (TPSA) is 18.5 Å². The van der Waals surface area contributed by atoms with Crippen molar-refractivity contribution in [3.8, 4) is 0 Å². The van der Waals surface area contributed by atoms with Crippen LogP contribution in [0.4, 0.5) is 5.69 Å². The van der Waals surface area contributed by atoms with E-state index < -0.39 is 0 Å². The molecule has 0 aliphatic carbocycles. The van der Waals surface area contributed by atoms with Crippen molar-refractivity contribution in [2.75, 3.05) is 45.2 Å². The van der Waals surface area contributed by atoms with Gasteiger partial charge in [-0.15, -0.1) is 0 Å². The molecule has 0 radical (unpaired) electrons. The Bertz CT molecular complexity index is 394. The highest BCUT2D eigenvalue weighted by molar-refractivity contribution is 5.51. The van der Waals surface area contributed by atoms with Gasteiger partial charge in [0, 0.05) is 31.4 Å². The van der Waals surface area contributed by atoms with E-state index in [1.54, 1.807) is 0 Å². The van der Waals surface area contributed by atoms with Crippen LogP contribution >= 0.6 is 0 Å². The largest absolute Gasteiger partial charge is 0.370 e. The summed E-state index contributed by atoms with van der Waals surface area (Å²) >= 11 is 0. The fraction of sp³-hybridized carbons (Fsp3) is 0.625. The van der Waals surface area contributed by atoms with E-state index >= 15 is 0 Å². The average molecular weight is 261 g/mol. The molecule has 1 atom stereocenters. The number of hydrogen-bond donors (Lipinski definition) is 1. The molecule has 0 amide bonds. The maximum Gasteiger partial charge on any atom is 0.0372 e. The number of rotatable bonds is 3. The number of aryl methyl sites for hydroxylation is 2. The zero-order chi connectivity index (χ0) is 13.8. The van der Waals surface area contributed by atoms with Crippen molar-refractivity contribution in [2.24, 2.45) is 0 Å². The van der Waals surface area contributed by atoms with E-state index in [4.69, 9.17) is 0 Å². The van der Waals surface area contributed by atoms with Crippen LogP contribution in [0.3, 0.4) is 0 Å². The van der Waals surface area contributed by atoms with Crippen LogP contribution in [0.5, 0.6) is 0 Å². The molecule has 2 rings (SSSR count). The first-order valence-corrected chi connectivity index (χ1v) is 7.26. The van der Waals surface area contributed by atoms with Gasteiger partial charge >= 0.3 is 0 Å². The predicted octanol–water partition coefficient (Wildman–Crippen LogP) is 2.03. The zero-order valence-electron chi connectivity index (χ0n) is 12.7. The Labute approximate surface area is 117 Å². The van der Waals surface area contributed by atoms with Gasteiger partial charge < -0.3 is 15.1 Å². The quantitative estimate of drug-likeness (QED) is 0.898. The van der Waals surface area contributed by atoms with E-state index in [1.165, 1.54) is 23.2 Å². The van der Waals surface area contributed by atoms with E-state index in [9.17, 15) is 0 Å². The summed E-state index contributed by atoms with van der Waals surface area (Å²) in [6.45, 7) is 8.84. The Hall–Kier alpha value is -1.06. The van der Waals surface area contributed by atoms with Crippen molar-refractivity contribution in [2.45, 2.75) is 26.3 Å². The second-order valence-corrected chi connectivity index (χ2v) is 6.06. The summed E-state index contributed by atoms with van der Waals surface area (Å²) in [5.74, 6) is 0. The van der Waals surface area contributed by atoms with Crippen molar-refractivity contribution in [3.05, 3.63) is 29.3 Å². The third kappa shape index (κ3) is 4.22. The summed E-state index contributed by atoms with van der Waals surface area (Å²) in [6, 6.07) is 7.42. The van der Waals surface area contributed by atoms with Gasteiger partial charge in [-0.25, -0.2) is 0 Å². The van der Waals surface area contributed by atoms with E-state index in [2.05, 4.69) is 61.3 Å². The molecule has 1 N–H and O–H groups in total. The van der Waals surface area contributed by atoms with Gasteiger partial charge in [0.25, 0.3) is 0 Å². The first-order chi connectivity index (χ1) is 9.04. The van der Waals surface area contributed by atoms with E-state index in [0.717, 1.165) is 26.2 Å². The lowest BCUT2D eigenvalue weighted by molar-refractivity contribution is 0.346. The fourth-order valence-electron chi connectivity index (χ4n) is 2.93. The van der Waals surface area contributed by atoms with Gasteiger partial charge in [0.05, 0.1) is 0 Å². The molecule has 1 unspecified atom stereocenters. The summed E-state index contributed by atoms with van der Waals surface area (Å²) in [7, 11) is 4.29. The van der Waals surface area contributed by atoms with E-state index in [-0.39, 0.29) is 0 Å². The molecular formula is C16H27N3. The Morgan fingerprint density at radius 2 is 1.89 bits per heavy atom. The summed E-state index contributed by atoms with van der Waals surface area (Å²) < 4.78 is 0. The number of nitrogens with one attached hydrogen (secondary N) is 1. The maximum absolute atomic E-state index is 3.66. The Morgan fingerprint density at radius 1 is 1.21 bits per heavy atom. The van der Waals surface area contributed by atoms with Crippen molar-refractivity contribution >= 4 is 5.69 Å². The molecule has 1 heterocycles. The van der Waals surface area contributed by atoms with Gasteiger partial charge in [-0.05, 0) is 64.2 Å². The van der Waals surface area contributed by atoms with Gasteiger partial charge in [0.1, 0.15) is 0 Å². The van der Waals surface area contributed by atoms with Gasteiger partial charge in [0.2, 0.25) is 0 Å². The molecule has 0 bridgehead atoms. The highest BCUT2D eigenvalue weighted by Crippen LogP contribution is 2.20. The Morgan fingerprint density at radius 3 is 2.53 bits per heavy atom. The Balaban J connectivity index is 2.12. The molecule has 0 saturated carbocycles. The van der Waals surface area contributed by atoms with Crippen molar-refractivity contribution < 1.29 is 0 Å². The molecule has 1 aromatic carbocycles. The van der Waals surface area contributed by atoms with E-state index in [1.807, 2.05) is 0 Å². The van der Waals surface area contributed by atoms with Gasteiger partial charge in [-0.2, -0.15) is 0 Å². The third-order valence-electron chi connectivity index (χ3n) is 3.64. The predicted molar refractivity (Wildman–Crippen MR) is 83.1 cm³/mol. The van der Waals surface area contributed by atoms with Gasteiger partial charge in [-0.1, -0.05) is 6.07 Å². The lowest BCUT2D eigenvalue weighted by atomic mass is 10.1. The number of likely N-dealkylation sites (N-methyl/N-ethyl adjacent to an activating group) is 1. The second kappa shape index (κ2) is 6.40. The van der Waals surface area contributed by atoms with Crippen molar-refractivity contribution in [1.29, 1.82) is 0 Å². The lowest BCUT2D eigenvalue weighted by Crippen LogP contribution is -2.44. The highest BCUT2D eigenvalue weighted by Gasteiger charge is 2.18. The molecule has 1 saturated heterocycles. The van der Waals surface area contributed by atoms with Gasteiger partial charge in [0.15, 0.2) is 0 Å². The van der Waals surface area contributed by atoms with Crippen LogP contribution in [0, 0.1) is 13.8 Å². The van der Waals surface area contributed by atoms with Gasteiger partial charge in [-0.3, -0.25) is 0 Å². The number of anilines is 1. The van der Waals surface area contributed by atoms with Crippen LogP contribution in [0.1, 0.15) is 17.5 Å². The molecule has 106 valence electrons. The third-order valence-corrected chi connectivity index (χ3v) is 3.64. The molecule has 19 heavy (non-hydrogen) atoms. The van der Waals surface area contributed by atoms with E-state index in [0.29, 0.717) is 6.04 Å². The molecule has 3 nitrogen and oxygen atoms in total. The molecule has 0 spiro atoms. The normalized spacial score (nSPS) is 20.7. The first kappa shape index (κ1) is 14.4. The van der Waals surface area contributed by atoms with Crippen molar-refractivity contribution in [3.63, 3.8) is 0 Å². The maximum atomic E-state index is 3.66. The summed E-state index contributed by atoms with van der Waals surface area (Å²) in [5.41, 5.74) is 4.10. The first-order valence-electron chi connectivity index (χ1n) is 7.26. The van der Waals surface area contributed by atoms with Crippen LogP contribution in [-0.4, -0.2) is 51.2 Å². The minimum Gasteiger partial charge on any atom is -0.370 e. The smallest absolute Gasteiger partial charge is 0.0372 e. The zero-order valence-corrected chi connectivity index (χ0v) is 12.7. The van der Waals surface area contributed by atoms with Crippen LogP contribution in [-0.2, 0) is 0 Å². The van der Waals surface area contributed by atoms with Crippen molar-refractivity contribution in [1.82, 2.24) is 10.2 Å². The number of benzene rings is 1. The summed E-state index contributed by atoms with van der Waals surface area (Å²) in [6.07, 6.45) is 1.22. The standard InChI is InChI=1S/C16H27N3/c1-13-8-14(2)10-16(9-13)19-7-5-6-17-15(12-19)11-18(3)4/h8-10,15,17H,5-7,11-12H2,1-4H3. The van der Waals surface area contributed by atoms with Crippen LogP contribution in [0.2, 0.25) is 0 Å². The molecule has 1 aliphatic rings. The van der Waals surface area contributed by atoms with Crippen LogP contribution in [0.25, 0.3) is 0 Å². The highest BCUT2D eigenvalue weighted by atomic mass is 15.2. The summed E-state index contributed by atoms with van der Waals surface area (Å²) in [5, 5.41) is 3.66. The minimum absolute atomic E-state index is 0.554. The summed E-state index contributed by atoms with van der Waals surface area (Å²) in [4.78, 5) is 4.80. The van der Waals surface area contributed by atoms with Crippen LogP contribution < -0.4 is 10.2 Å². The average Bonchev–Trinajstić information content (AvgIpc) is 2.52. The SMILES string of the molecule is Cc1cc(C)cc(N2CCCNC(CN(C)C)C2)c1. The van der Waals surface area contributed by atoms with Crippen LogP contribution in [0.15, 0.2) is 18.2 Å². The Kier molecular flexibility index (Phi) is 4.83. The molecule has 1 fully saturated rings. The molecule has 3 heteroatoms. The monoisotopic (exact) mass is 261 g/mol. The second-order valence-electron chi connectivity index (χ2n) is 6.06. The molecule has 1 aliphatic heterocycles. The molecular weight excluding hydrogens is 234 g/mol. The number of nitrogens with zero attached hydrogens (tertiary/aromatic N) is 2.